The molecule has 0 spiro atoms. The summed E-state index contributed by atoms with van der Waals surface area (Å²) in [6, 6.07) is 4.10. The Bertz CT molecular complexity index is 541. The van der Waals surface area contributed by atoms with Crippen LogP contribution in [0.5, 0.6) is 0 Å². The molecule has 1 aliphatic rings. The lowest BCUT2D eigenvalue weighted by atomic mass is 9.77. The second kappa shape index (κ2) is 3.18. The highest BCUT2D eigenvalue weighted by Gasteiger charge is 2.39. The molecule has 0 unspecified atom stereocenters. The smallest absolute Gasteiger partial charge is 0.162 e. The molecule has 0 aromatic carbocycles. The number of hydrogen-bond donors (Lipinski definition) is 1. The standard InChI is InChI=1S/C11H12ClN3O/c1-11(16)5-8(6-11)15-3-2-7-4-9(12)13-14-10(7)15/h2-4,8,16H,5-6H2,1H3. The zero-order chi connectivity index (χ0) is 11.3. The van der Waals surface area contributed by atoms with E-state index in [0.717, 1.165) is 23.9 Å². The lowest BCUT2D eigenvalue weighted by Crippen LogP contribution is -2.41. The van der Waals surface area contributed by atoms with E-state index in [2.05, 4.69) is 14.8 Å². The van der Waals surface area contributed by atoms with Crippen LogP contribution in [0, 0.1) is 0 Å². The van der Waals surface area contributed by atoms with Crippen LogP contribution in [-0.2, 0) is 0 Å². The van der Waals surface area contributed by atoms with Gasteiger partial charge in [0, 0.05) is 17.6 Å². The van der Waals surface area contributed by atoms with E-state index in [0.29, 0.717) is 11.2 Å². The van der Waals surface area contributed by atoms with Gasteiger partial charge >= 0.3 is 0 Å². The number of aliphatic hydroxyl groups is 1. The van der Waals surface area contributed by atoms with Gasteiger partial charge in [0.2, 0.25) is 0 Å². The largest absolute Gasteiger partial charge is 0.390 e. The van der Waals surface area contributed by atoms with Gasteiger partial charge in [-0.3, -0.25) is 0 Å². The fraction of sp³-hybridized carbons (Fsp3) is 0.455. The van der Waals surface area contributed by atoms with Crippen LogP contribution >= 0.6 is 11.6 Å². The third-order valence-corrected chi connectivity index (χ3v) is 3.36. The lowest BCUT2D eigenvalue weighted by Gasteiger charge is -2.41. The fourth-order valence-corrected chi connectivity index (χ4v) is 2.53. The van der Waals surface area contributed by atoms with Crippen LogP contribution in [0.15, 0.2) is 18.3 Å². The van der Waals surface area contributed by atoms with Crippen molar-refractivity contribution in [1.82, 2.24) is 14.8 Å². The summed E-state index contributed by atoms with van der Waals surface area (Å²) >= 11 is 5.78. The summed E-state index contributed by atoms with van der Waals surface area (Å²) in [6.07, 6.45) is 3.51. The molecule has 1 N–H and O–H groups in total. The zero-order valence-corrected chi connectivity index (χ0v) is 9.65. The van der Waals surface area contributed by atoms with Gasteiger partial charge in [0.1, 0.15) is 0 Å². The van der Waals surface area contributed by atoms with Crippen LogP contribution < -0.4 is 0 Å². The average Bonchev–Trinajstić information content (AvgIpc) is 2.56. The molecule has 0 atom stereocenters. The summed E-state index contributed by atoms with van der Waals surface area (Å²) in [6.45, 7) is 1.86. The maximum absolute atomic E-state index is 9.73. The molecule has 0 aliphatic heterocycles. The van der Waals surface area contributed by atoms with E-state index < -0.39 is 5.60 Å². The van der Waals surface area contributed by atoms with Crippen LogP contribution in [0.3, 0.4) is 0 Å². The molecule has 0 amide bonds. The van der Waals surface area contributed by atoms with Gasteiger partial charge in [-0.25, -0.2) is 0 Å². The van der Waals surface area contributed by atoms with Crippen molar-refractivity contribution in [2.45, 2.75) is 31.4 Å². The lowest BCUT2D eigenvalue weighted by molar-refractivity contribution is -0.0498. The van der Waals surface area contributed by atoms with Crippen LogP contribution in [0.1, 0.15) is 25.8 Å². The molecule has 16 heavy (non-hydrogen) atoms. The second-order valence-electron chi connectivity index (χ2n) is 4.73. The number of halogens is 1. The minimum absolute atomic E-state index is 0.322. The number of nitrogens with zero attached hydrogens (tertiary/aromatic N) is 3. The molecule has 2 aromatic rings. The van der Waals surface area contributed by atoms with Gasteiger partial charge in [0.25, 0.3) is 0 Å². The van der Waals surface area contributed by atoms with E-state index in [9.17, 15) is 5.11 Å². The molecule has 2 heterocycles. The average molecular weight is 238 g/mol. The van der Waals surface area contributed by atoms with Gasteiger partial charge in [0.15, 0.2) is 10.8 Å². The summed E-state index contributed by atoms with van der Waals surface area (Å²) in [5.41, 5.74) is 0.311. The van der Waals surface area contributed by atoms with E-state index in [1.165, 1.54) is 0 Å². The molecule has 1 aliphatic carbocycles. The Labute approximate surface area is 97.9 Å². The summed E-state index contributed by atoms with van der Waals surface area (Å²) < 4.78 is 2.07. The van der Waals surface area contributed by atoms with E-state index in [1.54, 1.807) is 6.07 Å². The molecule has 5 heteroatoms. The maximum Gasteiger partial charge on any atom is 0.162 e. The van der Waals surface area contributed by atoms with Crippen molar-refractivity contribution in [2.24, 2.45) is 0 Å². The van der Waals surface area contributed by atoms with Crippen LogP contribution in [0.25, 0.3) is 11.0 Å². The number of hydrogen-bond acceptors (Lipinski definition) is 3. The quantitative estimate of drug-likeness (QED) is 0.827. The number of aromatic nitrogens is 3. The number of rotatable bonds is 1. The van der Waals surface area contributed by atoms with Gasteiger partial charge in [-0.2, -0.15) is 0 Å². The zero-order valence-electron chi connectivity index (χ0n) is 8.89. The van der Waals surface area contributed by atoms with E-state index in [-0.39, 0.29) is 0 Å². The summed E-state index contributed by atoms with van der Waals surface area (Å²) in [7, 11) is 0. The molecule has 3 rings (SSSR count). The first kappa shape index (κ1) is 10.1. The van der Waals surface area contributed by atoms with Gasteiger partial charge in [-0.05, 0) is 31.9 Å². The molecule has 0 bridgehead atoms. The topological polar surface area (TPSA) is 50.9 Å². The molecule has 1 fully saturated rings. The van der Waals surface area contributed by atoms with Gasteiger partial charge in [-0.15, -0.1) is 10.2 Å². The van der Waals surface area contributed by atoms with Crippen molar-refractivity contribution in [3.63, 3.8) is 0 Å². The van der Waals surface area contributed by atoms with Crippen LogP contribution in [-0.4, -0.2) is 25.5 Å². The van der Waals surface area contributed by atoms with Crippen molar-refractivity contribution in [3.05, 3.63) is 23.5 Å². The molecule has 4 nitrogen and oxygen atoms in total. The van der Waals surface area contributed by atoms with Crippen LogP contribution in [0.2, 0.25) is 5.15 Å². The Morgan fingerprint density at radius 3 is 2.94 bits per heavy atom. The van der Waals surface area contributed by atoms with Crippen LogP contribution in [0.4, 0.5) is 0 Å². The van der Waals surface area contributed by atoms with Gasteiger partial charge < -0.3 is 9.67 Å². The number of fused-ring (bicyclic) bond motifs is 1. The highest BCUT2D eigenvalue weighted by Crippen LogP contribution is 2.42. The van der Waals surface area contributed by atoms with Gasteiger partial charge in [0.05, 0.1) is 5.60 Å². The monoisotopic (exact) mass is 237 g/mol. The Kier molecular flexibility index (Phi) is 2.00. The highest BCUT2D eigenvalue weighted by atomic mass is 35.5. The van der Waals surface area contributed by atoms with E-state index in [1.807, 2.05) is 19.2 Å². The van der Waals surface area contributed by atoms with Crippen molar-refractivity contribution < 1.29 is 5.11 Å². The minimum atomic E-state index is -0.527. The molecular formula is C11H12ClN3O. The molecule has 0 saturated heterocycles. The first-order valence-electron chi connectivity index (χ1n) is 5.27. The fourth-order valence-electron chi connectivity index (χ4n) is 2.38. The molecule has 2 aromatic heterocycles. The Balaban J connectivity index is 2.00. The minimum Gasteiger partial charge on any atom is -0.390 e. The summed E-state index contributed by atoms with van der Waals surface area (Å²) in [5.74, 6) is 0. The molecule has 1 saturated carbocycles. The SMILES string of the molecule is CC1(O)CC(n2ccc3cc(Cl)nnc32)C1. The van der Waals surface area contributed by atoms with E-state index >= 15 is 0 Å². The first-order chi connectivity index (χ1) is 7.55. The second-order valence-corrected chi connectivity index (χ2v) is 5.12. The van der Waals surface area contributed by atoms with Crippen molar-refractivity contribution in [3.8, 4) is 0 Å². The van der Waals surface area contributed by atoms with Crippen molar-refractivity contribution in [2.75, 3.05) is 0 Å². The third-order valence-electron chi connectivity index (χ3n) is 3.18. The Hall–Kier alpha value is -1.13. The normalized spacial score (nSPS) is 29.3. The third kappa shape index (κ3) is 1.49. The van der Waals surface area contributed by atoms with Crippen molar-refractivity contribution >= 4 is 22.6 Å². The van der Waals surface area contributed by atoms with E-state index in [4.69, 9.17) is 11.6 Å². The molecule has 0 radical (unpaired) electrons. The summed E-state index contributed by atoms with van der Waals surface area (Å²) in [4.78, 5) is 0. The predicted octanol–water partition coefficient (Wildman–Crippen LogP) is 2.17. The highest BCUT2D eigenvalue weighted by molar-refractivity contribution is 6.29. The van der Waals surface area contributed by atoms with Crippen molar-refractivity contribution in [1.29, 1.82) is 0 Å². The molecule has 84 valence electrons. The maximum atomic E-state index is 9.73. The Morgan fingerprint density at radius 2 is 2.25 bits per heavy atom. The van der Waals surface area contributed by atoms with Gasteiger partial charge in [-0.1, -0.05) is 11.6 Å². The predicted molar refractivity (Wildman–Crippen MR) is 61.4 cm³/mol. The molecular weight excluding hydrogens is 226 g/mol. The Morgan fingerprint density at radius 1 is 1.50 bits per heavy atom. The first-order valence-corrected chi connectivity index (χ1v) is 5.65. The summed E-state index contributed by atoms with van der Waals surface area (Å²) in [5, 5.41) is 19.1.